The Morgan fingerprint density at radius 1 is 1.45 bits per heavy atom. The van der Waals surface area contributed by atoms with E-state index in [4.69, 9.17) is 10.5 Å². The van der Waals surface area contributed by atoms with Gasteiger partial charge in [-0.1, -0.05) is 25.1 Å². The van der Waals surface area contributed by atoms with Crippen LogP contribution in [-0.2, 0) is 11.2 Å². The van der Waals surface area contributed by atoms with Gasteiger partial charge in [0.25, 0.3) is 0 Å². The highest BCUT2D eigenvalue weighted by Crippen LogP contribution is 2.36. The number of hydrogen-bond acceptors (Lipinski definition) is 3. The summed E-state index contributed by atoms with van der Waals surface area (Å²) in [5.41, 5.74) is 8.86. The SMILES string of the molecule is CCC(N)c1cccc2c1N(C(=O)OC(C)(C)C)CC2. The summed E-state index contributed by atoms with van der Waals surface area (Å²) in [6.07, 6.45) is 1.42. The van der Waals surface area contributed by atoms with Gasteiger partial charge in [-0.25, -0.2) is 4.79 Å². The number of nitrogens with two attached hydrogens (primary N) is 1. The van der Waals surface area contributed by atoms with Gasteiger partial charge in [-0.05, 0) is 44.7 Å². The molecule has 1 aromatic rings. The summed E-state index contributed by atoms with van der Waals surface area (Å²) in [5, 5.41) is 0. The van der Waals surface area contributed by atoms with Crippen molar-refractivity contribution >= 4 is 11.8 Å². The number of nitrogens with zero attached hydrogens (tertiary/aromatic N) is 1. The zero-order valence-corrected chi connectivity index (χ0v) is 12.8. The molecule has 2 N–H and O–H groups in total. The second-order valence-electron chi connectivity index (χ2n) is 6.25. The summed E-state index contributed by atoms with van der Waals surface area (Å²) >= 11 is 0. The largest absolute Gasteiger partial charge is 0.443 e. The first-order chi connectivity index (χ1) is 9.33. The van der Waals surface area contributed by atoms with Crippen LogP contribution in [0.2, 0.25) is 0 Å². The quantitative estimate of drug-likeness (QED) is 0.900. The molecule has 1 aliphatic heterocycles. The first-order valence-corrected chi connectivity index (χ1v) is 7.21. The summed E-state index contributed by atoms with van der Waals surface area (Å²) in [6, 6.07) is 6.04. The molecule has 0 saturated heterocycles. The minimum atomic E-state index is -0.484. The van der Waals surface area contributed by atoms with Crippen molar-refractivity contribution in [3.63, 3.8) is 0 Å². The van der Waals surface area contributed by atoms with E-state index in [2.05, 4.69) is 13.0 Å². The van der Waals surface area contributed by atoms with Crippen molar-refractivity contribution in [3.8, 4) is 0 Å². The Hall–Kier alpha value is -1.55. The number of benzene rings is 1. The monoisotopic (exact) mass is 276 g/mol. The molecular weight excluding hydrogens is 252 g/mol. The summed E-state index contributed by atoms with van der Waals surface area (Å²) in [4.78, 5) is 14.1. The number of hydrogen-bond donors (Lipinski definition) is 1. The van der Waals surface area contributed by atoms with Crippen molar-refractivity contribution in [3.05, 3.63) is 29.3 Å². The van der Waals surface area contributed by atoms with Crippen LogP contribution in [0.25, 0.3) is 0 Å². The highest BCUT2D eigenvalue weighted by atomic mass is 16.6. The summed E-state index contributed by atoms with van der Waals surface area (Å²) < 4.78 is 5.49. The number of carbonyl (C=O) groups excluding carboxylic acids is 1. The van der Waals surface area contributed by atoms with Crippen LogP contribution in [-0.4, -0.2) is 18.2 Å². The summed E-state index contributed by atoms with van der Waals surface area (Å²) in [7, 11) is 0. The van der Waals surface area contributed by atoms with Gasteiger partial charge in [-0.2, -0.15) is 0 Å². The Balaban J connectivity index is 2.34. The number of anilines is 1. The molecule has 0 saturated carbocycles. The standard InChI is InChI=1S/C16H24N2O2/c1-5-13(17)12-8-6-7-11-9-10-18(14(11)12)15(19)20-16(2,3)4/h6-8,13H,5,9-10,17H2,1-4H3. The Labute approximate surface area is 120 Å². The average molecular weight is 276 g/mol. The maximum atomic E-state index is 12.3. The van der Waals surface area contributed by atoms with E-state index < -0.39 is 5.60 Å². The normalized spacial score (nSPS) is 15.9. The highest BCUT2D eigenvalue weighted by Gasteiger charge is 2.31. The van der Waals surface area contributed by atoms with E-state index in [0.717, 1.165) is 24.1 Å². The lowest BCUT2D eigenvalue weighted by Crippen LogP contribution is -2.36. The third-order valence-corrected chi connectivity index (χ3v) is 3.48. The molecule has 4 heteroatoms. The van der Waals surface area contributed by atoms with E-state index in [1.54, 1.807) is 4.90 Å². The maximum Gasteiger partial charge on any atom is 0.414 e. The first kappa shape index (κ1) is 14.9. The van der Waals surface area contributed by atoms with E-state index >= 15 is 0 Å². The van der Waals surface area contributed by atoms with Crippen molar-refractivity contribution in [1.29, 1.82) is 0 Å². The molecule has 2 rings (SSSR count). The Kier molecular flexibility index (Phi) is 4.04. The van der Waals surface area contributed by atoms with Gasteiger partial charge < -0.3 is 10.5 Å². The van der Waals surface area contributed by atoms with Crippen LogP contribution < -0.4 is 10.6 Å². The Morgan fingerprint density at radius 2 is 2.15 bits per heavy atom. The topological polar surface area (TPSA) is 55.6 Å². The lowest BCUT2D eigenvalue weighted by atomic mass is 10.00. The first-order valence-electron chi connectivity index (χ1n) is 7.21. The van der Waals surface area contributed by atoms with E-state index in [9.17, 15) is 4.79 Å². The van der Waals surface area contributed by atoms with Crippen molar-refractivity contribution in [2.75, 3.05) is 11.4 Å². The van der Waals surface area contributed by atoms with Gasteiger partial charge in [0.05, 0.1) is 5.69 Å². The summed E-state index contributed by atoms with van der Waals surface area (Å²) in [6.45, 7) is 8.36. The average Bonchev–Trinajstić information content (AvgIpc) is 2.79. The number of amides is 1. The third-order valence-electron chi connectivity index (χ3n) is 3.48. The molecule has 4 nitrogen and oxygen atoms in total. The van der Waals surface area contributed by atoms with Gasteiger partial charge in [0.15, 0.2) is 0 Å². The number of fused-ring (bicyclic) bond motifs is 1. The molecule has 0 aliphatic carbocycles. The molecule has 0 spiro atoms. The van der Waals surface area contributed by atoms with Crippen LogP contribution in [0.1, 0.15) is 51.3 Å². The van der Waals surface area contributed by atoms with Gasteiger partial charge in [0.1, 0.15) is 5.60 Å². The van der Waals surface area contributed by atoms with Gasteiger partial charge in [0, 0.05) is 12.6 Å². The maximum absolute atomic E-state index is 12.3. The van der Waals surface area contributed by atoms with Crippen LogP contribution in [0.3, 0.4) is 0 Å². The minimum Gasteiger partial charge on any atom is -0.443 e. The molecule has 1 aliphatic rings. The predicted octanol–water partition coefficient (Wildman–Crippen LogP) is 3.39. The lowest BCUT2D eigenvalue weighted by molar-refractivity contribution is 0.0583. The van der Waals surface area contributed by atoms with Gasteiger partial charge >= 0.3 is 6.09 Å². The third kappa shape index (κ3) is 2.96. The van der Waals surface area contributed by atoms with Crippen molar-refractivity contribution in [2.45, 2.75) is 52.2 Å². The fourth-order valence-corrected chi connectivity index (χ4v) is 2.50. The molecule has 1 unspecified atom stereocenters. The lowest BCUT2D eigenvalue weighted by Gasteiger charge is -2.27. The van der Waals surface area contributed by atoms with Crippen LogP contribution >= 0.6 is 0 Å². The number of para-hydroxylation sites is 1. The smallest absolute Gasteiger partial charge is 0.414 e. The number of ether oxygens (including phenoxy) is 1. The van der Waals surface area contributed by atoms with Crippen molar-refractivity contribution in [2.24, 2.45) is 5.73 Å². The molecule has 0 fully saturated rings. The Bertz CT molecular complexity index is 506. The van der Waals surface area contributed by atoms with Crippen molar-refractivity contribution < 1.29 is 9.53 Å². The van der Waals surface area contributed by atoms with Crippen LogP contribution in [0.15, 0.2) is 18.2 Å². The van der Waals surface area contributed by atoms with E-state index in [1.807, 2.05) is 32.9 Å². The molecular formula is C16H24N2O2. The van der Waals surface area contributed by atoms with Crippen LogP contribution in [0.4, 0.5) is 10.5 Å². The fraction of sp³-hybridized carbons (Fsp3) is 0.562. The molecule has 1 heterocycles. The zero-order valence-electron chi connectivity index (χ0n) is 12.8. The predicted molar refractivity (Wildman–Crippen MR) is 80.9 cm³/mol. The van der Waals surface area contributed by atoms with Crippen LogP contribution in [0, 0.1) is 0 Å². The fourth-order valence-electron chi connectivity index (χ4n) is 2.50. The molecule has 110 valence electrons. The van der Waals surface area contributed by atoms with Crippen molar-refractivity contribution in [1.82, 2.24) is 0 Å². The van der Waals surface area contributed by atoms with E-state index in [0.29, 0.717) is 6.54 Å². The zero-order chi connectivity index (χ0) is 14.9. The second-order valence-corrected chi connectivity index (χ2v) is 6.25. The minimum absolute atomic E-state index is 0.0482. The molecule has 0 radical (unpaired) electrons. The van der Waals surface area contributed by atoms with E-state index in [-0.39, 0.29) is 12.1 Å². The number of carbonyl (C=O) groups is 1. The van der Waals surface area contributed by atoms with Gasteiger partial charge in [-0.15, -0.1) is 0 Å². The van der Waals surface area contributed by atoms with Gasteiger partial charge in [0.2, 0.25) is 0 Å². The molecule has 0 bridgehead atoms. The number of rotatable bonds is 2. The second kappa shape index (κ2) is 5.44. The molecule has 1 atom stereocenters. The molecule has 1 amide bonds. The Morgan fingerprint density at radius 3 is 2.75 bits per heavy atom. The van der Waals surface area contributed by atoms with E-state index in [1.165, 1.54) is 5.56 Å². The molecule has 20 heavy (non-hydrogen) atoms. The molecule has 0 aromatic heterocycles. The van der Waals surface area contributed by atoms with Gasteiger partial charge in [-0.3, -0.25) is 4.90 Å². The highest BCUT2D eigenvalue weighted by molar-refractivity contribution is 5.92. The summed E-state index contributed by atoms with van der Waals surface area (Å²) in [5.74, 6) is 0. The van der Waals surface area contributed by atoms with Crippen LogP contribution in [0.5, 0.6) is 0 Å². The molecule has 1 aromatic carbocycles.